The van der Waals surface area contributed by atoms with Crippen LogP contribution in [0.3, 0.4) is 0 Å². The van der Waals surface area contributed by atoms with E-state index < -0.39 is 0 Å². The Morgan fingerprint density at radius 3 is 2.69 bits per heavy atom. The van der Waals surface area contributed by atoms with Gasteiger partial charge in [0.05, 0.1) is 12.3 Å². The fourth-order valence-electron chi connectivity index (χ4n) is 1.78. The van der Waals surface area contributed by atoms with Crippen molar-refractivity contribution in [2.75, 3.05) is 20.3 Å². The summed E-state index contributed by atoms with van der Waals surface area (Å²) >= 11 is 0. The number of aromatic nitrogens is 1. The Labute approximate surface area is 97.3 Å². The lowest BCUT2D eigenvalue weighted by Crippen LogP contribution is -2.34. The van der Waals surface area contributed by atoms with E-state index >= 15 is 0 Å². The second-order valence-corrected chi connectivity index (χ2v) is 4.07. The molecule has 1 unspecified atom stereocenters. The van der Waals surface area contributed by atoms with E-state index in [4.69, 9.17) is 9.26 Å². The van der Waals surface area contributed by atoms with Crippen molar-refractivity contribution < 1.29 is 9.26 Å². The van der Waals surface area contributed by atoms with E-state index in [1.54, 1.807) is 7.11 Å². The topological polar surface area (TPSA) is 47.3 Å². The number of nitrogens with zero attached hydrogens (tertiary/aromatic N) is 1. The van der Waals surface area contributed by atoms with Crippen molar-refractivity contribution in [2.45, 2.75) is 39.7 Å². The number of aryl methyl sites for hydroxylation is 2. The van der Waals surface area contributed by atoms with Crippen molar-refractivity contribution in [1.29, 1.82) is 0 Å². The molecule has 0 spiro atoms. The third-order valence-electron chi connectivity index (χ3n) is 2.85. The fraction of sp³-hybridized carbons (Fsp3) is 0.750. The van der Waals surface area contributed by atoms with Crippen LogP contribution in [0.4, 0.5) is 0 Å². The van der Waals surface area contributed by atoms with Crippen LogP contribution in [0.1, 0.15) is 30.4 Å². The minimum Gasteiger partial charge on any atom is -0.383 e. The van der Waals surface area contributed by atoms with Gasteiger partial charge in [-0.05, 0) is 33.2 Å². The zero-order valence-corrected chi connectivity index (χ0v) is 10.7. The Bertz CT molecular complexity index is 290. The van der Waals surface area contributed by atoms with Crippen LogP contribution in [0.25, 0.3) is 0 Å². The Morgan fingerprint density at radius 2 is 2.19 bits per heavy atom. The molecule has 1 aromatic heterocycles. The Balaban J connectivity index is 2.35. The van der Waals surface area contributed by atoms with Crippen LogP contribution in [0.15, 0.2) is 4.52 Å². The van der Waals surface area contributed by atoms with Crippen molar-refractivity contribution in [2.24, 2.45) is 0 Å². The van der Waals surface area contributed by atoms with Gasteiger partial charge in [0.2, 0.25) is 0 Å². The molecule has 0 aromatic carbocycles. The maximum Gasteiger partial charge on any atom is 0.137 e. The molecule has 0 bridgehead atoms. The lowest BCUT2D eigenvalue weighted by Gasteiger charge is -2.15. The fourth-order valence-corrected chi connectivity index (χ4v) is 1.78. The molecular weight excluding hydrogens is 204 g/mol. The van der Waals surface area contributed by atoms with Gasteiger partial charge in [-0.1, -0.05) is 12.1 Å². The summed E-state index contributed by atoms with van der Waals surface area (Å²) in [6.07, 6.45) is 2.04. The molecule has 16 heavy (non-hydrogen) atoms. The highest BCUT2D eigenvalue weighted by Gasteiger charge is 2.09. The number of nitrogens with one attached hydrogen (secondary N) is 1. The number of rotatable bonds is 7. The molecule has 0 aliphatic rings. The maximum atomic E-state index is 5.14. The zero-order chi connectivity index (χ0) is 12.0. The van der Waals surface area contributed by atoms with Gasteiger partial charge in [0.25, 0.3) is 0 Å². The molecule has 92 valence electrons. The van der Waals surface area contributed by atoms with E-state index in [1.165, 1.54) is 5.56 Å². The first-order valence-electron chi connectivity index (χ1n) is 5.83. The summed E-state index contributed by atoms with van der Waals surface area (Å²) in [4.78, 5) is 0. The molecule has 1 aromatic rings. The number of methoxy groups -OCH3 is 1. The zero-order valence-electron chi connectivity index (χ0n) is 10.7. The van der Waals surface area contributed by atoms with Crippen LogP contribution < -0.4 is 5.32 Å². The van der Waals surface area contributed by atoms with Crippen LogP contribution in [0, 0.1) is 13.8 Å². The molecule has 0 aliphatic heterocycles. The highest BCUT2D eigenvalue weighted by atomic mass is 16.5. The van der Waals surface area contributed by atoms with E-state index in [-0.39, 0.29) is 0 Å². The third-order valence-corrected chi connectivity index (χ3v) is 2.85. The average Bonchev–Trinajstić information content (AvgIpc) is 2.59. The lowest BCUT2D eigenvalue weighted by molar-refractivity contribution is 0.164. The summed E-state index contributed by atoms with van der Waals surface area (Å²) in [5, 5.41) is 7.41. The Hall–Kier alpha value is -0.870. The summed E-state index contributed by atoms with van der Waals surface area (Å²) < 4.78 is 10.3. The van der Waals surface area contributed by atoms with Crippen molar-refractivity contribution in [3.63, 3.8) is 0 Å². The van der Waals surface area contributed by atoms with Gasteiger partial charge in [0.1, 0.15) is 5.76 Å². The van der Waals surface area contributed by atoms with Gasteiger partial charge in [0, 0.05) is 18.7 Å². The van der Waals surface area contributed by atoms with E-state index in [9.17, 15) is 0 Å². The van der Waals surface area contributed by atoms with Crippen molar-refractivity contribution in [3.8, 4) is 0 Å². The second-order valence-electron chi connectivity index (χ2n) is 4.07. The molecule has 1 N–H and O–H groups in total. The summed E-state index contributed by atoms with van der Waals surface area (Å²) in [6.45, 7) is 7.80. The van der Waals surface area contributed by atoms with Crippen LogP contribution in [0.2, 0.25) is 0 Å². The highest BCUT2D eigenvalue weighted by Crippen LogP contribution is 2.12. The Morgan fingerprint density at radius 1 is 1.44 bits per heavy atom. The maximum absolute atomic E-state index is 5.14. The number of hydrogen-bond donors (Lipinski definition) is 1. The number of hydrogen-bond acceptors (Lipinski definition) is 4. The predicted molar refractivity (Wildman–Crippen MR) is 63.6 cm³/mol. The second kappa shape index (κ2) is 6.66. The molecule has 1 heterocycles. The molecule has 0 saturated carbocycles. The molecule has 0 amide bonds. The smallest absolute Gasteiger partial charge is 0.137 e. The summed E-state index contributed by atoms with van der Waals surface area (Å²) in [6, 6.07) is 0.436. The molecule has 1 rings (SSSR count). The first-order chi connectivity index (χ1) is 7.69. The minimum absolute atomic E-state index is 0.436. The molecular formula is C12H22N2O2. The normalized spacial score (nSPS) is 13.0. The van der Waals surface area contributed by atoms with Crippen LogP contribution in [0.5, 0.6) is 0 Å². The highest BCUT2D eigenvalue weighted by molar-refractivity contribution is 5.20. The molecule has 0 aliphatic carbocycles. The molecule has 4 heteroatoms. The SMILES string of the molecule is CCC(COC)NCCc1c(C)noc1C. The van der Waals surface area contributed by atoms with Gasteiger partial charge in [-0.3, -0.25) is 0 Å². The van der Waals surface area contributed by atoms with E-state index in [2.05, 4.69) is 17.4 Å². The standard InChI is InChI=1S/C12H22N2O2/c1-5-11(8-15-4)13-7-6-12-9(2)14-16-10(12)3/h11,13H,5-8H2,1-4H3. The first kappa shape index (κ1) is 13.2. The van der Waals surface area contributed by atoms with Gasteiger partial charge in [0.15, 0.2) is 0 Å². The van der Waals surface area contributed by atoms with Gasteiger partial charge in [-0.15, -0.1) is 0 Å². The molecule has 1 atom stereocenters. The molecule has 4 nitrogen and oxygen atoms in total. The largest absolute Gasteiger partial charge is 0.383 e. The summed E-state index contributed by atoms with van der Waals surface area (Å²) in [5.74, 6) is 0.930. The summed E-state index contributed by atoms with van der Waals surface area (Å²) in [5.41, 5.74) is 2.22. The molecule has 0 radical (unpaired) electrons. The van der Waals surface area contributed by atoms with E-state index in [1.807, 2.05) is 13.8 Å². The first-order valence-corrected chi connectivity index (χ1v) is 5.83. The van der Waals surface area contributed by atoms with E-state index in [0.717, 1.165) is 37.4 Å². The van der Waals surface area contributed by atoms with E-state index in [0.29, 0.717) is 6.04 Å². The Kier molecular flexibility index (Phi) is 5.49. The van der Waals surface area contributed by atoms with Crippen molar-refractivity contribution in [1.82, 2.24) is 10.5 Å². The van der Waals surface area contributed by atoms with Crippen LogP contribution in [-0.4, -0.2) is 31.5 Å². The van der Waals surface area contributed by atoms with Gasteiger partial charge in [-0.2, -0.15) is 0 Å². The average molecular weight is 226 g/mol. The lowest BCUT2D eigenvalue weighted by atomic mass is 10.1. The predicted octanol–water partition coefficient (Wildman–Crippen LogP) is 1.85. The molecule has 0 saturated heterocycles. The van der Waals surface area contributed by atoms with Gasteiger partial charge < -0.3 is 14.6 Å². The number of ether oxygens (including phenoxy) is 1. The molecule has 0 fully saturated rings. The van der Waals surface area contributed by atoms with Crippen molar-refractivity contribution in [3.05, 3.63) is 17.0 Å². The third kappa shape index (κ3) is 3.61. The monoisotopic (exact) mass is 226 g/mol. The summed E-state index contributed by atoms with van der Waals surface area (Å²) in [7, 11) is 1.73. The van der Waals surface area contributed by atoms with Crippen LogP contribution >= 0.6 is 0 Å². The quantitative estimate of drug-likeness (QED) is 0.770. The minimum atomic E-state index is 0.436. The van der Waals surface area contributed by atoms with Gasteiger partial charge in [-0.25, -0.2) is 0 Å². The van der Waals surface area contributed by atoms with Crippen LogP contribution in [-0.2, 0) is 11.2 Å². The van der Waals surface area contributed by atoms with Gasteiger partial charge >= 0.3 is 0 Å². The van der Waals surface area contributed by atoms with Crippen molar-refractivity contribution >= 4 is 0 Å².